The average molecular weight is 233 g/mol. The molecule has 0 amide bonds. The van der Waals surface area contributed by atoms with Crippen molar-refractivity contribution in [3.05, 3.63) is 71.7 Å². The second-order valence-corrected chi connectivity index (χ2v) is 4.08. The molecule has 1 aromatic heterocycles. The molecule has 0 saturated heterocycles. The molecular weight excluding hydrogens is 220 g/mol. The zero-order valence-corrected chi connectivity index (χ0v) is 9.65. The zero-order valence-electron chi connectivity index (χ0n) is 8.90. The molecule has 0 bridgehead atoms. The molecule has 0 aliphatic heterocycles. The molecule has 0 spiro atoms. The molecule has 0 aliphatic carbocycles. The predicted octanol–water partition coefficient (Wildman–Crippen LogP) is 4.64. The Morgan fingerprint density at radius 3 is 2.56 bits per heavy atom. The lowest BCUT2D eigenvalue weighted by Gasteiger charge is -2.12. The van der Waals surface area contributed by atoms with E-state index < -0.39 is 0 Å². The molecule has 2 aromatic rings. The van der Waals surface area contributed by atoms with E-state index in [1.54, 1.807) is 6.26 Å². The van der Waals surface area contributed by atoms with Crippen LogP contribution in [0.2, 0.25) is 5.02 Å². The van der Waals surface area contributed by atoms with E-state index in [1.807, 2.05) is 42.5 Å². The lowest BCUT2D eigenvalue weighted by molar-refractivity contribution is 0.486. The molecule has 1 heterocycles. The van der Waals surface area contributed by atoms with E-state index in [4.69, 9.17) is 16.0 Å². The Hall–Kier alpha value is -1.47. The van der Waals surface area contributed by atoms with Crippen LogP contribution in [0.25, 0.3) is 0 Å². The number of benzene rings is 1. The predicted molar refractivity (Wildman–Crippen MR) is 66.8 cm³/mol. The van der Waals surface area contributed by atoms with Crippen molar-refractivity contribution in [1.82, 2.24) is 0 Å². The Bertz CT molecular complexity index is 442. The number of hydrogen-bond acceptors (Lipinski definition) is 1. The summed E-state index contributed by atoms with van der Waals surface area (Å²) in [4.78, 5) is 0. The molecule has 1 unspecified atom stereocenters. The highest BCUT2D eigenvalue weighted by Crippen LogP contribution is 2.29. The Morgan fingerprint density at radius 1 is 1.25 bits per heavy atom. The standard InChI is InChI=1S/C14H13ClO/c1-2-4-13(14-5-3-10-16-14)11-6-8-12(15)9-7-11/h2-3,5-10,13H,1,4H2. The molecule has 1 atom stereocenters. The lowest BCUT2D eigenvalue weighted by Crippen LogP contribution is -1.98. The van der Waals surface area contributed by atoms with Gasteiger partial charge >= 0.3 is 0 Å². The van der Waals surface area contributed by atoms with Crippen LogP contribution in [-0.2, 0) is 0 Å². The topological polar surface area (TPSA) is 13.1 Å². The summed E-state index contributed by atoms with van der Waals surface area (Å²) in [6.45, 7) is 3.79. The van der Waals surface area contributed by atoms with Crippen molar-refractivity contribution >= 4 is 11.6 Å². The van der Waals surface area contributed by atoms with Gasteiger partial charge in [-0.05, 0) is 36.2 Å². The summed E-state index contributed by atoms with van der Waals surface area (Å²) in [7, 11) is 0. The highest BCUT2D eigenvalue weighted by atomic mass is 35.5. The van der Waals surface area contributed by atoms with Crippen LogP contribution in [0.5, 0.6) is 0 Å². The maximum absolute atomic E-state index is 5.87. The number of rotatable bonds is 4. The van der Waals surface area contributed by atoms with Crippen molar-refractivity contribution in [1.29, 1.82) is 0 Å². The number of hydrogen-bond donors (Lipinski definition) is 0. The summed E-state index contributed by atoms with van der Waals surface area (Å²) in [5.41, 5.74) is 1.19. The monoisotopic (exact) mass is 232 g/mol. The van der Waals surface area contributed by atoms with Gasteiger partial charge in [0.15, 0.2) is 0 Å². The SMILES string of the molecule is C=CCC(c1ccc(Cl)cc1)c1ccco1. The second-order valence-electron chi connectivity index (χ2n) is 3.64. The molecule has 1 aromatic carbocycles. The van der Waals surface area contributed by atoms with Crippen molar-refractivity contribution in [3.63, 3.8) is 0 Å². The molecule has 0 N–H and O–H groups in total. The van der Waals surface area contributed by atoms with Crippen LogP contribution in [0.1, 0.15) is 23.7 Å². The van der Waals surface area contributed by atoms with Crippen LogP contribution >= 0.6 is 11.6 Å². The third-order valence-corrected chi connectivity index (χ3v) is 2.81. The molecule has 2 heteroatoms. The third kappa shape index (κ3) is 2.37. The zero-order chi connectivity index (χ0) is 11.4. The van der Waals surface area contributed by atoms with Gasteiger partial charge in [-0.2, -0.15) is 0 Å². The minimum absolute atomic E-state index is 0.227. The molecule has 82 valence electrons. The van der Waals surface area contributed by atoms with Crippen LogP contribution in [0.4, 0.5) is 0 Å². The number of halogens is 1. The molecule has 0 radical (unpaired) electrons. The van der Waals surface area contributed by atoms with Crippen LogP contribution in [0.3, 0.4) is 0 Å². The summed E-state index contributed by atoms with van der Waals surface area (Å²) >= 11 is 5.87. The van der Waals surface area contributed by atoms with E-state index in [0.717, 1.165) is 17.2 Å². The van der Waals surface area contributed by atoms with E-state index in [1.165, 1.54) is 5.56 Å². The van der Waals surface area contributed by atoms with Crippen molar-refractivity contribution in [2.24, 2.45) is 0 Å². The van der Waals surface area contributed by atoms with Crippen molar-refractivity contribution in [2.75, 3.05) is 0 Å². The summed E-state index contributed by atoms with van der Waals surface area (Å²) in [6, 6.07) is 11.7. The van der Waals surface area contributed by atoms with Gasteiger partial charge in [0.25, 0.3) is 0 Å². The van der Waals surface area contributed by atoms with Gasteiger partial charge in [-0.25, -0.2) is 0 Å². The van der Waals surface area contributed by atoms with Gasteiger partial charge in [0.05, 0.1) is 6.26 Å². The first-order valence-electron chi connectivity index (χ1n) is 5.21. The van der Waals surface area contributed by atoms with Crippen molar-refractivity contribution in [3.8, 4) is 0 Å². The fraction of sp³-hybridized carbons (Fsp3) is 0.143. The van der Waals surface area contributed by atoms with E-state index in [-0.39, 0.29) is 5.92 Å². The quantitative estimate of drug-likeness (QED) is 0.700. The molecule has 0 saturated carbocycles. The first-order chi connectivity index (χ1) is 7.81. The van der Waals surface area contributed by atoms with Gasteiger partial charge < -0.3 is 4.42 Å². The van der Waals surface area contributed by atoms with Crippen molar-refractivity contribution in [2.45, 2.75) is 12.3 Å². The summed E-state index contributed by atoms with van der Waals surface area (Å²) in [5.74, 6) is 1.19. The van der Waals surface area contributed by atoms with Crippen LogP contribution in [0.15, 0.2) is 59.7 Å². The molecule has 0 aliphatic rings. The number of allylic oxidation sites excluding steroid dienone is 1. The summed E-state index contributed by atoms with van der Waals surface area (Å²) in [5, 5.41) is 0.751. The maximum atomic E-state index is 5.87. The highest BCUT2D eigenvalue weighted by molar-refractivity contribution is 6.30. The lowest BCUT2D eigenvalue weighted by atomic mass is 9.93. The van der Waals surface area contributed by atoms with Crippen LogP contribution in [0, 0.1) is 0 Å². The Kier molecular flexibility index (Phi) is 3.47. The third-order valence-electron chi connectivity index (χ3n) is 2.56. The van der Waals surface area contributed by atoms with E-state index in [0.29, 0.717) is 0 Å². The Balaban J connectivity index is 2.32. The summed E-state index contributed by atoms with van der Waals surface area (Å²) < 4.78 is 5.45. The fourth-order valence-corrected chi connectivity index (χ4v) is 1.89. The highest BCUT2D eigenvalue weighted by Gasteiger charge is 2.14. The second kappa shape index (κ2) is 5.04. The maximum Gasteiger partial charge on any atom is 0.111 e. The van der Waals surface area contributed by atoms with Crippen molar-refractivity contribution < 1.29 is 4.42 Å². The minimum atomic E-state index is 0.227. The van der Waals surface area contributed by atoms with E-state index in [9.17, 15) is 0 Å². The van der Waals surface area contributed by atoms with E-state index >= 15 is 0 Å². The van der Waals surface area contributed by atoms with Gasteiger partial charge in [-0.15, -0.1) is 6.58 Å². The molecule has 16 heavy (non-hydrogen) atoms. The van der Waals surface area contributed by atoms with Gasteiger partial charge in [0, 0.05) is 10.9 Å². The normalized spacial score (nSPS) is 12.3. The number of furan rings is 1. The first kappa shape index (κ1) is 11.0. The van der Waals surface area contributed by atoms with Gasteiger partial charge in [0.1, 0.15) is 5.76 Å². The van der Waals surface area contributed by atoms with E-state index in [2.05, 4.69) is 6.58 Å². The average Bonchev–Trinajstić information content (AvgIpc) is 2.81. The van der Waals surface area contributed by atoms with Crippen LogP contribution < -0.4 is 0 Å². The smallest absolute Gasteiger partial charge is 0.111 e. The molecular formula is C14H13ClO. The largest absolute Gasteiger partial charge is 0.469 e. The molecule has 2 rings (SSSR count). The van der Waals surface area contributed by atoms with Gasteiger partial charge in [0.2, 0.25) is 0 Å². The van der Waals surface area contributed by atoms with Gasteiger partial charge in [-0.3, -0.25) is 0 Å². The molecule has 1 nitrogen and oxygen atoms in total. The summed E-state index contributed by atoms with van der Waals surface area (Å²) in [6.07, 6.45) is 4.46. The first-order valence-corrected chi connectivity index (χ1v) is 5.59. The minimum Gasteiger partial charge on any atom is -0.469 e. The Labute approximate surface area is 100 Å². The molecule has 0 fully saturated rings. The fourth-order valence-electron chi connectivity index (χ4n) is 1.77. The van der Waals surface area contributed by atoms with Crippen LogP contribution in [-0.4, -0.2) is 0 Å². The van der Waals surface area contributed by atoms with Gasteiger partial charge in [-0.1, -0.05) is 29.8 Å². The Morgan fingerprint density at radius 2 is 2.00 bits per heavy atom.